The van der Waals surface area contributed by atoms with Crippen molar-refractivity contribution in [3.05, 3.63) is 36.0 Å². The zero-order valence-corrected chi connectivity index (χ0v) is 21.6. The third-order valence-electron chi connectivity index (χ3n) is 7.63. The van der Waals surface area contributed by atoms with Crippen molar-refractivity contribution in [1.82, 2.24) is 20.1 Å². The van der Waals surface area contributed by atoms with Gasteiger partial charge in [-0.2, -0.15) is 0 Å². The lowest BCUT2D eigenvalue weighted by molar-refractivity contribution is -0.138. The summed E-state index contributed by atoms with van der Waals surface area (Å²) in [6, 6.07) is 8.82. The molecule has 2 amide bonds. The van der Waals surface area contributed by atoms with E-state index < -0.39 is 0 Å². The highest BCUT2D eigenvalue weighted by atomic mass is 16.5. The number of hydrogen-bond donors (Lipinski definition) is 2. The number of hydrogen-bond acceptors (Lipinski definition) is 4. The summed E-state index contributed by atoms with van der Waals surface area (Å²) in [6.07, 6.45) is 7.73. The average molecular weight is 483 g/mol. The van der Waals surface area contributed by atoms with E-state index in [4.69, 9.17) is 4.74 Å². The Balaban J connectivity index is 1.46. The van der Waals surface area contributed by atoms with E-state index in [0.29, 0.717) is 25.6 Å². The topological polar surface area (TPSA) is 75.6 Å². The first kappa shape index (κ1) is 25.7. The lowest BCUT2D eigenvalue weighted by atomic mass is 9.93. The number of methoxy groups -OCH3 is 1. The van der Waals surface area contributed by atoms with Crippen LogP contribution in [0.25, 0.3) is 10.9 Å². The van der Waals surface area contributed by atoms with Crippen LogP contribution in [0.5, 0.6) is 0 Å². The fourth-order valence-electron chi connectivity index (χ4n) is 5.42. The Labute approximate surface area is 209 Å². The molecule has 2 heterocycles. The molecule has 0 bridgehead atoms. The smallest absolute Gasteiger partial charge is 0.227 e. The van der Waals surface area contributed by atoms with Crippen LogP contribution in [0, 0.1) is 11.8 Å². The summed E-state index contributed by atoms with van der Waals surface area (Å²) in [6.45, 7) is 7.80. The fourth-order valence-corrected chi connectivity index (χ4v) is 5.42. The molecule has 1 aliphatic carbocycles. The van der Waals surface area contributed by atoms with E-state index in [-0.39, 0.29) is 29.7 Å². The Hall–Kier alpha value is -2.38. The average Bonchev–Trinajstić information content (AvgIpc) is 3.66. The third-order valence-corrected chi connectivity index (χ3v) is 7.63. The second-order valence-corrected chi connectivity index (χ2v) is 10.2. The normalized spacial score (nSPS) is 20.3. The van der Waals surface area contributed by atoms with Gasteiger partial charge in [-0.3, -0.25) is 9.59 Å². The van der Waals surface area contributed by atoms with Gasteiger partial charge in [-0.05, 0) is 50.2 Å². The monoisotopic (exact) mass is 482 g/mol. The predicted octanol–water partition coefficient (Wildman–Crippen LogP) is 3.70. The zero-order valence-electron chi connectivity index (χ0n) is 21.6. The third kappa shape index (κ3) is 6.25. The number of piperidine rings is 1. The molecule has 35 heavy (non-hydrogen) atoms. The van der Waals surface area contributed by atoms with E-state index >= 15 is 0 Å². The van der Waals surface area contributed by atoms with Crippen LogP contribution in [0.4, 0.5) is 0 Å². The largest absolute Gasteiger partial charge is 0.385 e. The second kappa shape index (κ2) is 12.0. The molecule has 2 unspecified atom stereocenters. The first-order chi connectivity index (χ1) is 17.0. The van der Waals surface area contributed by atoms with Gasteiger partial charge in [-0.25, -0.2) is 0 Å². The summed E-state index contributed by atoms with van der Waals surface area (Å²) in [5.41, 5.74) is 2.42. The van der Waals surface area contributed by atoms with Crippen LogP contribution in [0.1, 0.15) is 57.9 Å². The SMILES string of the molecule is CCC(CC)C(=O)NC1CNCC(C(=O)N(Cc2cn(CCCOC)c3ccccc23)C2CC2)C1. The number of carbonyl (C=O) groups excluding carboxylic acids is 2. The number of amides is 2. The highest BCUT2D eigenvalue weighted by Crippen LogP contribution is 2.33. The lowest BCUT2D eigenvalue weighted by Crippen LogP contribution is -2.53. The summed E-state index contributed by atoms with van der Waals surface area (Å²) < 4.78 is 7.54. The number of nitrogens with zero attached hydrogens (tertiary/aromatic N) is 2. The van der Waals surface area contributed by atoms with Crippen LogP contribution in [-0.4, -0.2) is 60.2 Å². The molecule has 2 fully saturated rings. The van der Waals surface area contributed by atoms with Crippen molar-refractivity contribution in [2.24, 2.45) is 11.8 Å². The predicted molar refractivity (Wildman–Crippen MR) is 139 cm³/mol. The number of para-hydroxylation sites is 1. The number of aromatic nitrogens is 1. The summed E-state index contributed by atoms with van der Waals surface area (Å²) >= 11 is 0. The Kier molecular flexibility index (Phi) is 8.84. The van der Waals surface area contributed by atoms with Gasteiger partial charge in [0.25, 0.3) is 0 Å². The van der Waals surface area contributed by atoms with Crippen molar-refractivity contribution >= 4 is 22.7 Å². The molecule has 2 N–H and O–H groups in total. The summed E-state index contributed by atoms with van der Waals surface area (Å²) in [5.74, 6) is 0.287. The Morgan fingerprint density at radius 3 is 2.69 bits per heavy atom. The number of ether oxygens (including phenoxy) is 1. The van der Waals surface area contributed by atoms with Crippen molar-refractivity contribution in [2.75, 3.05) is 26.8 Å². The number of benzene rings is 1. The number of carbonyl (C=O) groups is 2. The Morgan fingerprint density at radius 2 is 1.97 bits per heavy atom. The molecule has 0 spiro atoms. The minimum absolute atomic E-state index is 0.00884. The Morgan fingerprint density at radius 1 is 1.20 bits per heavy atom. The van der Waals surface area contributed by atoms with Gasteiger partial charge in [0.05, 0.1) is 5.92 Å². The zero-order chi connectivity index (χ0) is 24.8. The maximum atomic E-state index is 13.8. The molecular formula is C28H42N4O3. The standard InChI is InChI=1S/C28H42N4O3/c1-4-20(5-2)27(33)30-23-15-21(16-29-17-23)28(34)32(24-11-12-24)19-22-18-31(13-8-14-35-3)26-10-7-6-9-25(22)26/h6-7,9-10,18,20-21,23-24,29H,4-5,8,11-17,19H2,1-3H3,(H,30,33). The van der Waals surface area contributed by atoms with Gasteiger partial charge in [0.15, 0.2) is 0 Å². The molecule has 1 saturated carbocycles. The van der Waals surface area contributed by atoms with Crippen molar-refractivity contribution in [3.63, 3.8) is 0 Å². The van der Waals surface area contributed by atoms with Gasteiger partial charge < -0.3 is 24.8 Å². The van der Waals surface area contributed by atoms with E-state index in [1.165, 1.54) is 16.5 Å². The second-order valence-electron chi connectivity index (χ2n) is 10.2. The Bertz CT molecular complexity index is 995. The maximum absolute atomic E-state index is 13.8. The first-order valence-corrected chi connectivity index (χ1v) is 13.4. The molecule has 2 aliphatic rings. The van der Waals surface area contributed by atoms with Crippen LogP contribution >= 0.6 is 0 Å². The van der Waals surface area contributed by atoms with Crippen LogP contribution in [0.3, 0.4) is 0 Å². The highest BCUT2D eigenvalue weighted by molar-refractivity contribution is 5.85. The number of rotatable bonds is 12. The van der Waals surface area contributed by atoms with Crippen molar-refractivity contribution < 1.29 is 14.3 Å². The van der Waals surface area contributed by atoms with Gasteiger partial charge >= 0.3 is 0 Å². The maximum Gasteiger partial charge on any atom is 0.227 e. The van der Waals surface area contributed by atoms with Crippen molar-refractivity contribution in [1.29, 1.82) is 0 Å². The van der Waals surface area contributed by atoms with E-state index in [1.807, 2.05) is 0 Å². The highest BCUT2D eigenvalue weighted by Gasteiger charge is 2.38. The quantitative estimate of drug-likeness (QED) is 0.453. The van der Waals surface area contributed by atoms with Crippen molar-refractivity contribution in [3.8, 4) is 0 Å². The number of aryl methyl sites for hydroxylation is 1. The number of nitrogens with one attached hydrogen (secondary N) is 2. The minimum Gasteiger partial charge on any atom is -0.385 e. The molecule has 1 saturated heterocycles. The van der Waals surface area contributed by atoms with Crippen LogP contribution in [0.2, 0.25) is 0 Å². The van der Waals surface area contributed by atoms with E-state index in [2.05, 4.69) is 64.4 Å². The molecule has 2 atom stereocenters. The van der Waals surface area contributed by atoms with Gasteiger partial charge in [0.1, 0.15) is 0 Å². The van der Waals surface area contributed by atoms with E-state index in [0.717, 1.165) is 51.8 Å². The van der Waals surface area contributed by atoms with E-state index in [1.54, 1.807) is 7.11 Å². The fraction of sp³-hybridized carbons (Fsp3) is 0.643. The van der Waals surface area contributed by atoms with Gasteiger partial charge in [0, 0.05) is 75.0 Å². The molecule has 4 rings (SSSR count). The molecule has 1 aromatic carbocycles. The minimum atomic E-state index is -0.105. The van der Waals surface area contributed by atoms with Crippen LogP contribution in [0.15, 0.2) is 30.5 Å². The molecule has 7 heteroatoms. The van der Waals surface area contributed by atoms with Gasteiger partial charge in [0.2, 0.25) is 11.8 Å². The summed E-state index contributed by atoms with van der Waals surface area (Å²) in [7, 11) is 1.74. The molecule has 0 radical (unpaired) electrons. The van der Waals surface area contributed by atoms with Crippen LogP contribution < -0.4 is 10.6 Å². The van der Waals surface area contributed by atoms with Gasteiger partial charge in [-0.15, -0.1) is 0 Å². The van der Waals surface area contributed by atoms with E-state index in [9.17, 15) is 9.59 Å². The molecule has 1 aromatic heterocycles. The molecule has 192 valence electrons. The summed E-state index contributed by atoms with van der Waals surface area (Å²) in [5, 5.41) is 7.84. The van der Waals surface area contributed by atoms with Crippen molar-refractivity contribution in [2.45, 2.75) is 77.5 Å². The van der Waals surface area contributed by atoms with Gasteiger partial charge in [-0.1, -0.05) is 32.0 Å². The molecule has 2 aromatic rings. The number of fused-ring (bicyclic) bond motifs is 1. The van der Waals surface area contributed by atoms with Crippen LogP contribution in [-0.2, 0) is 27.4 Å². The lowest BCUT2D eigenvalue weighted by Gasteiger charge is -2.34. The molecule has 7 nitrogen and oxygen atoms in total. The molecule has 1 aliphatic heterocycles. The molecular weight excluding hydrogens is 440 g/mol. The summed E-state index contributed by atoms with van der Waals surface area (Å²) in [4.78, 5) is 28.5. The first-order valence-electron chi connectivity index (χ1n) is 13.4.